The third-order valence-corrected chi connectivity index (χ3v) is 5.83. The molecule has 0 aromatic carbocycles. The number of hydrogen-bond donors (Lipinski definition) is 1. The Hall–Kier alpha value is -0.350. The Morgan fingerprint density at radius 3 is 2.88 bits per heavy atom. The van der Waals surface area contributed by atoms with Gasteiger partial charge in [-0.3, -0.25) is 4.79 Å². The largest absolute Gasteiger partial charge is 0.351 e. The van der Waals surface area contributed by atoms with E-state index in [2.05, 4.69) is 21.2 Å². The lowest BCUT2D eigenvalue weighted by atomic mass is 9.89. The molecule has 1 aromatic heterocycles. The predicted octanol–water partition coefficient (Wildman–Crippen LogP) is 3.68. The molecular weight excluding hydrogens is 298 g/mol. The molecular formula is C13H16BrNOS. The molecule has 0 radical (unpaired) electrons. The molecule has 2 bridgehead atoms. The quantitative estimate of drug-likeness (QED) is 0.906. The molecule has 0 saturated heterocycles. The monoisotopic (exact) mass is 313 g/mol. The third-order valence-electron chi connectivity index (χ3n) is 4.21. The van der Waals surface area contributed by atoms with Crippen molar-refractivity contribution in [3.63, 3.8) is 0 Å². The molecule has 3 rings (SSSR count). The van der Waals surface area contributed by atoms with Gasteiger partial charge in [0.1, 0.15) is 0 Å². The van der Waals surface area contributed by atoms with E-state index in [1.807, 2.05) is 12.1 Å². The minimum Gasteiger partial charge on any atom is -0.351 e. The summed E-state index contributed by atoms with van der Waals surface area (Å²) >= 11 is 4.88. The SMILES string of the molecule is O=C(NCC1CC2CCC1C2)c1ccc(Br)s1. The summed E-state index contributed by atoms with van der Waals surface area (Å²) in [5.74, 6) is 2.66. The zero-order valence-electron chi connectivity index (χ0n) is 9.62. The summed E-state index contributed by atoms with van der Waals surface area (Å²) in [5, 5.41) is 3.09. The van der Waals surface area contributed by atoms with Crippen molar-refractivity contribution in [2.75, 3.05) is 6.54 Å². The maximum atomic E-state index is 11.9. The molecule has 3 atom stereocenters. The standard InChI is InChI=1S/C13H16BrNOS/c14-12-4-3-11(17-12)13(16)15-7-10-6-8-1-2-9(10)5-8/h3-4,8-10H,1-2,5-7H2,(H,15,16). The van der Waals surface area contributed by atoms with Gasteiger partial charge in [-0.25, -0.2) is 0 Å². The fraction of sp³-hybridized carbons (Fsp3) is 0.615. The molecule has 2 saturated carbocycles. The lowest BCUT2D eigenvalue weighted by molar-refractivity contribution is 0.0946. The molecule has 4 heteroatoms. The van der Waals surface area contributed by atoms with E-state index in [0.717, 1.165) is 33.0 Å². The van der Waals surface area contributed by atoms with Crippen molar-refractivity contribution in [1.29, 1.82) is 0 Å². The Balaban J connectivity index is 1.53. The number of thiophene rings is 1. The summed E-state index contributed by atoms with van der Waals surface area (Å²) in [6.45, 7) is 0.871. The fourth-order valence-corrected chi connectivity index (χ4v) is 4.68. The molecule has 17 heavy (non-hydrogen) atoms. The minimum absolute atomic E-state index is 0.0865. The second-order valence-corrected chi connectivity index (χ2v) is 7.71. The van der Waals surface area contributed by atoms with Crippen molar-refractivity contribution >= 4 is 33.2 Å². The minimum atomic E-state index is 0.0865. The summed E-state index contributed by atoms with van der Waals surface area (Å²) in [5.41, 5.74) is 0. The summed E-state index contributed by atoms with van der Waals surface area (Å²) in [6, 6.07) is 3.81. The van der Waals surface area contributed by atoms with Crippen LogP contribution in [0.2, 0.25) is 0 Å². The molecule has 2 aliphatic carbocycles. The van der Waals surface area contributed by atoms with Crippen LogP contribution in [0.4, 0.5) is 0 Å². The Bertz CT molecular complexity index is 431. The van der Waals surface area contributed by atoms with E-state index in [9.17, 15) is 4.79 Å². The van der Waals surface area contributed by atoms with E-state index < -0.39 is 0 Å². The van der Waals surface area contributed by atoms with Gasteiger partial charge in [0, 0.05) is 6.54 Å². The first-order valence-electron chi connectivity index (χ1n) is 6.26. The Morgan fingerprint density at radius 1 is 1.41 bits per heavy atom. The maximum absolute atomic E-state index is 11.9. The molecule has 92 valence electrons. The van der Waals surface area contributed by atoms with E-state index in [0.29, 0.717) is 0 Å². The topological polar surface area (TPSA) is 29.1 Å². The van der Waals surface area contributed by atoms with Crippen LogP contribution >= 0.6 is 27.3 Å². The third kappa shape index (κ3) is 2.43. The number of carbonyl (C=O) groups excluding carboxylic acids is 1. The number of fused-ring (bicyclic) bond motifs is 2. The van der Waals surface area contributed by atoms with E-state index in [4.69, 9.17) is 0 Å². The van der Waals surface area contributed by atoms with Crippen molar-refractivity contribution in [2.24, 2.45) is 17.8 Å². The van der Waals surface area contributed by atoms with Crippen molar-refractivity contribution < 1.29 is 4.79 Å². The number of rotatable bonds is 3. The van der Waals surface area contributed by atoms with Crippen molar-refractivity contribution in [2.45, 2.75) is 25.7 Å². The van der Waals surface area contributed by atoms with Crippen LogP contribution < -0.4 is 5.32 Å². The van der Waals surface area contributed by atoms with Gasteiger partial charge < -0.3 is 5.32 Å². The van der Waals surface area contributed by atoms with Gasteiger partial charge >= 0.3 is 0 Å². The van der Waals surface area contributed by atoms with Crippen LogP contribution in [-0.4, -0.2) is 12.5 Å². The lowest BCUT2D eigenvalue weighted by Crippen LogP contribution is -2.31. The van der Waals surface area contributed by atoms with Crippen LogP contribution in [0.15, 0.2) is 15.9 Å². The van der Waals surface area contributed by atoms with E-state index in [-0.39, 0.29) is 5.91 Å². The van der Waals surface area contributed by atoms with E-state index in [1.54, 1.807) is 0 Å². The highest BCUT2D eigenvalue weighted by Gasteiger charge is 2.39. The average molecular weight is 314 g/mol. The number of amides is 1. The van der Waals surface area contributed by atoms with Crippen molar-refractivity contribution in [3.05, 3.63) is 20.8 Å². The van der Waals surface area contributed by atoms with Crippen LogP contribution in [0, 0.1) is 17.8 Å². The second-order valence-electron chi connectivity index (χ2n) is 5.25. The maximum Gasteiger partial charge on any atom is 0.261 e. The number of halogens is 1. The van der Waals surface area contributed by atoms with Gasteiger partial charge in [0.2, 0.25) is 0 Å². The highest BCUT2D eigenvalue weighted by atomic mass is 79.9. The molecule has 2 nitrogen and oxygen atoms in total. The van der Waals surface area contributed by atoms with Crippen molar-refractivity contribution in [3.8, 4) is 0 Å². The Kier molecular flexibility index (Phi) is 3.26. The molecule has 1 amide bonds. The van der Waals surface area contributed by atoms with Crippen LogP contribution in [-0.2, 0) is 0 Å². The zero-order valence-corrected chi connectivity index (χ0v) is 12.0. The molecule has 1 heterocycles. The van der Waals surface area contributed by atoms with Crippen LogP contribution in [0.3, 0.4) is 0 Å². The highest BCUT2D eigenvalue weighted by molar-refractivity contribution is 9.11. The molecule has 0 aliphatic heterocycles. The molecule has 0 spiro atoms. The summed E-state index contributed by atoms with van der Waals surface area (Å²) in [4.78, 5) is 12.7. The molecule has 2 fully saturated rings. The first kappa shape index (κ1) is 11.7. The number of nitrogens with one attached hydrogen (secondary N) is 1. The fourth-order valence-electron chi connectivity index (χ4n) is 3.37. The molecule has 3 unspecified atom stereocenters. The summed E-state index contributed by atoms with van der Waals surface area (Å²) in [7, 11) is 0. The Morgan fingerprint density at radius 2 is 2.29 bits per heavy atom. The second kappa shape index (κ2) is 4.73. The van der Waals surface area contributed by atoms with Gasteiger partial charge in [0.15, 0.2) is 0 Å². The van der Waals surface area contributed by atoms with Gasteiger partial charge in [-0.2, -0.15) is 0 Å². The summed E-state index contributed by atoms with van der Waals surface area (Å²) in [6.07, 6.45) is 5.55. The Labute approximate surface area is 114 Å². The van der Waals surface area contributed by atoms with Crippen LogP contribution in [0.1, 0.15) is 35.4 Å². The molecule has 2 aliphatic rings. The highest BCUT2D eigenvalue weighted by Crippen LogP contribution is 2.47. The molecule has 1 N–H and O–H groups in total. The molecule has 1 aromatic rings. The van der Waals surface area contributed by atoms with Crippen LogP contribution in [0.5, 0.6) is 0 Å². The lowest BCUT2D eigenvalue weighted by Gasteiger charge is -2.21. The van der Waals surface area contributed by atoms with Gasteiger partial charge in [-0.1, -0.05) is 6.42 Å². The van der Waals surface area contributed by atoms with E-state index in [1.165, 1.54) is 37.0 Å². The summed E-state index contributed by atoms with van der Waals surface area (Å²) < 4.78 is 1.02. The van der Waals surface area contributed by atoms with Crippen molar-refractivity contribution in [1.82, 2.24) is 5.32 Å². The normalized spacial score (nSPS) is 30.8. The predicted molar refractivity (Wildman–Crippen MR) is 73.3 cm³/mol. The van der Waals surface area contributed by atoms with Gasteiger partial charge in [0.05, 0.1) is 8.66 Å². The zero-order chi connectivity index (χ0) is 11.8. The van der Waals surface area contributed by atoms with Gasteiger partial charge in [-0.05, 0) is 65.1 Å². The smallest absolute Gasteiger partial charge is 0.261 e. The van der Waals surface area contributed by atoms with Gasteiger partial charge in [0.25, 0.3) is 5.91 Å². The van der Waals surface area contributed by atoms with Gasteiger partial charge in [-0.15, -0.1) is 11.3 Å². The van der Waals surface area contributed by atoms with E-state index >= 15 is 0 Å². The first-order chi connectivity index (χ1) is 8.22. The van der Waals surface area contributed by atoms with Crippen LogP contribution in [0.25, 0.3) is 0 Å². The first-order valence-corrected chi connectivity index (χ1v) is 7.87. The number of hydrogen-bond acceptors (Lipinski definition) is 2. The average Bonchev–Trinajstić information content (AvgIpc) is 3.01. The number of carbonyl (C=O) groups is 1.